The number of phenolic OH excluding ortho intramolecular Hbond substituents is 1. The summed E-state index contributed by atoms with van der Waals surface area (Å²) in [6.07, 6.45) is -3.19. The summed E-state index contributed by atoms with van der Waals surface area (Å²) in [5.41, 5.74) is -0.102. The smallest absolute Gasteiger partial charge is 0.267 e. The van der Waals surface area contributed by atoms with Gasteiger partial charge in [0.1, 0.15) is 11.5 Å². The summed E-state index contributed by atoms with van der Waals surface area (Å²) < 4.78 is 36.1. The number of nitrogens with one attached hydrogen (secondary N) is 1. The van der Waals surface area contributed by atoms with Gasteiger partial charge in [-0.1, -0.05) is 0 Å². The second-order valence-corrected chi connectivity index (χ2v) is 4.02. The predicted octanol–water partition coefficient (Wildman–Crippen LogP) is 2.00. The third kappa shape index (κ3) is 2.54. The summed E-state index contributed by atoms with van der Waals surface area (Å²) in [5.74, 6) is -0.133. The van der Waals surface area contributed by atoms with E-state index < -0.39 is 23.8 Å². The van der Waals surface area contributed by atoms with Crippen LogP contribution in [0.1, 0.15) is 23.7 Å². The van der Waals surface area contributed by atoms with Crippen molar-refractivity contribution in [2.75, 3.05) is 26.8 Å². The van der Waals surface area contributed by atoms with Gasteiger partial charge in [0.2, 0.25) is 0 Å². The Morgan fingerprint density at radius 1 is 1.50 bits per heavy atom. The molecule has 4 nitrogen and oxygen atoms in total. The monoisotopic (exact) mass is 259 g/mol. The topological polar surface area (TPSA) is 50.7 Å². The van der Waals surface area contributed by atoms with Gasteiger partial charge >= 0.3 is 0 Å². The quantitative estimate of drug-likeness (QED) is 0.871. The van der Waals surface area contributed by atoms with Crippen molar-refractivity contribution in [1.29, 1.82) is 0 Å². The molecule has 0 radical (unpaired) electrons. The first-order chi connectivity index (χ1) is 8.63. The van der Waals surface area contributed by atoms with E-state index in [-0.39, 0.29) is 5.75 Å². The Morgan fingerprint density at radius 2 is 2.28 bits per heavy atom. The van der Waals surface area contributed by atoms with Crippen LogP contribution in [0.2, 0.25) is 0 Å². The molecule has 0 bridgehead atoms. The Kier molecular flexibility index (Phi) is 3.98. The molecule has 0 aromatic heterocycles. The normalized spacial score (nSPS) is 20.1. The highest BCUT2D eigenvalue weighted by atomic mass is 19.3. The number of rotatable bonds is 3. The number of alkyl halides is 2. The average Bonchev–Trinajstić information content (AvgIpc) is 2.39. The van der Waals surface area contributed by atoms with Gasteiger partial charge in [0.25, 0.3) is 6.43 Å². The van der Waals surface area contributed by atoms with Gasteiger partial charge in [-0.15, -0.1) is 0 Å². The molecule has 1 heterocycles. The standard InChI is InChI=1S/C12H15F2NO3/c1-17-7-4-8(10-6-15-2-3-18-10)11(16)9(5-7)12(13)14/h4-5,10,12,15-16H,2-3,6H2,1H3. The molecule has 1 unspecified atom stereocenters. The Hall–Kier alpha value is -1.40. The molecule has 0 amide bonds. The summed E-state index contributed by atoms with van der Waals surface area (Å²) >= 11 is 0. The Morgan fingerprint density at radius 3 is 2.83 bits per heavy atom. The molecular weight excluding hydrogens is 244 g/mol. The molecule has 1 saturated heterocycles. The molecule has 18 heavy (non-hydrogen) atoms. The molecular formula is C12H15F2NO3. The number of halogens is 2. The number of methoxy groups -OCH3 is 1. The fourth-order valence-electron chi connectivity index (χ4n) is 1.95. The maximum atomic E-state index is 12.8. The maximum absolute atomic E-state index is 12.8. The van der Waals surface area contributed by atoms with E-state index in [0.717, 1.165) is 6.07 Å². The molecule has 1 fully saturated rings. The summed E-state index contributed by atoms with van der Waals surface area (Å²) in [6, 6.07) is 2.67. The highest BCUT2D eigenvalue weighted by Gasteiger charge is 2.25. The fourth-order valence-corrected chi connectivity index (χ4v) is 1.95. The van der Waals surface area contributed by atoms with Crippen molar-refractivity contribution >= 4 is 0 Å². The maximum Gasteiger partial charge on any atom is 0.267 e. The van der Waals surface area contributed by atoms with Crippen molar-refractivity contribution in [2.24, 2.45) is 0 Å². The van der Waals surface area contributed by atoms with Crippen molar-refractivity contribution in [3.8, 4) is 11.5 Å². The largest absolute Gasteiger partial charge is 0.507 e. The SMILES string of the molecule is COc1cc(C(F)F)c(O)c(C2CNCCO2)c1. The number of morpholine rings is 1. The summed E-state index contributed by atoms with van der Waals surface area (Å²) in [5, 5.41) is 13.0. The van der Waals surface area contributed by atoms with Gasteiger partial charge in [0.05, 0.1) is 25.4 Å². The van der Waals surface area contributed by atoms with Gasteiger partial charge in [-0.3, -0.25) is 0 Å². The molecule has 1 atom stereocenters. The van der Waals surface area contributed by atoms with Gasteiger partial charge < -0.3 is 19.9 Å². The molecule has 6 heteroatoms. The van der Waals surface area contributed by atoms with Crippen molar-refractivity contribution in [2.45, 2.75) is 12.5 Å². The van der Waals surface area contributed by atoms with Crippen LogP contribution < -0.4 is 10.1 Å². The molecule has 0 aliphatic carbocycles. The van der Waals surface area contributed by atoms with Crippen LogP contribution in [0, 0.1) is 0 Å². The molecule has 0 spiro atoms. The minimum Gasteiger partial charge on any atom is -0.507 e. The third-order valence-corrected chi connectivity index (χ3v) is 2.89. The Bertz CT molecular complexity index is 420. The molecule has 1 aliphatic heterocycles. The van der Waals surface area contributed by atoms with Gasteiger partial charge in [-0.2, -0.15) is 0 Å². The van der Waals surface area contributed by atoms with Crippen LogP contribution >= 0.6 is 0 Å². The number of hydrogen-bond acceptors (Lipinski definition) is 4. The predicted molar refractivity (Wildman–Crippen MR) is 61.2 cm³/mol. The first kappa shape index (κ1) is 13.0. The first-order valence-corrected chi connectivity index (χ1v) is 5.64. The summed E-state index contributed by atoms with van der Waals surface area (Å²) in [4.78, 5) is 0. The zero-order chi connectivity index (χ0) is 13.1. The molecule has 100 valence electrons. The average molecular weight is 259 g/mol. The van der Waals surface area contributed by atoms with Crippen LogP contribution in [0.15, 0.2) is 12.1 Å². The lowest BCUT2D eigenvalue weighted by Crippen LogP contribution is -2.33. The molecule has 1 aromatic rings. The molecule has 2 N–H and O–H groups in total. The lowest BCUT2D eigenvalue weighted by atomic mass is 10.0. The molecule has 0 saturated carbocycles. The number of aromatic hydroxyl groups is 1. The summed E-state index contributed by atoms with van der Waals surface area (Å²) in [7, 11) is 1.39. The number of hydrogen-bond donors (Lipinski definition) is 2. The van der Waals surface area contributed by atoms with E-state index in [1.807, 2.05) is 0 Å². The minimum atomic E-state index is -2.75. The highest BCUT2D eigenvalue weighted by molar-refractivity contribution is 5.48. The zero-order valence-electron chi connectivity index (χ0n) is 9.95. The Balaban J connectivity index is 2.40. The van der Waals surface area contributed by atoms with Gasteiger partial charge in [0, 0.05) is 18.7 Å². The van der Waals surface area contributed by atoms with Crippen LogP contribution in [-0.4, -0.2) is 31.9 Å². The molecule has 1 aromatic carbocycles. The number of ether oxygens (including phenoxy) is 2. The lowest BCUT2D eigenvalue weighted by Gasteiger charge is -2.25. The van der Waals surface area contributed by atoms with Gasteiger partial charge in [-0.25, -0.2) is 8.78 Å². The van der Waals surface area contributed by atoms with Crippen molar-refractivity contribution < 1.29 is 23.4 Å². The van der Waals surface area contributed by atoms with Crippen molar-refractivity contribution in [3.05, 3.63) is 23.3 Å². The van der Waals surface area contributed by atoms with Crippen molar-refractivity contribution in [1.82, 2.24) is 5.32 Å². The van der Waals surface area contributed by atoms with Crippen LogP contribution in [0.3, 0.4) is 0 Å². The van der Waals surface area contributed by atoms with E-state index in [1.54, 1.807) is 0 Å². The first-order valence-electron chi connectivity index (χ1n) is 5.64. The zero-order valence-corrected chi connectivity index (χ0v) is 9.95. The lowest BCUT2D eigenvalue weighted by molar-refractivity contribution is 0.0258. The fraction of sp³-hybridized carbons (Fsp3) is 0.500. The highest BCUT2D eigenvalue weighted by Crippen LogP contribution is 2.39. The van der Waals surface area contributed by atoms with Crippen LogP contribution in [0.25, 0.3) is 0 Å². The van der Waals surface area contributed by atoms with Crippen molar-refractivity contribution in [3.63, 3.8) is 0 Å². The summed E-state index contributed by atoms with van der Waals surface area (Å²) in [6.45, 7) is 1.66. The number of phenols is 1. The second-order valence-electron chi connectivity index (χ2n) is 4.02. The number of benzene rings is 1. The van der Waals surface area contributed by atoms with E-state index in [9.17, 15) is 13.9 Å². The van der Waals surface area contributed by atoms with Crippen LogP contribution in [0.5, 0.6) is 11.5 Å². The van der Waals surface area contributed by atoms with E-state index >= 15 is 0 Å². The van der Waals surface area contributed by atoms with E-state index in [0.29, 0.717) is 25.3 Å². The van der Waals surface area contributed by atoms with E-state index in [1.165, 1.54) is 13.2 Å². The van der Waals surface area contributed by atoms with Gasteiger partial charge in [0.15, 0.2) is 0 Å². The third-order valence-electron chi connectivity index (χ3n) is 2.89. The molecule has 1 aliphatic rings. The minimum absolute atomic E-state index is 0.285. The Labute approximate surface area is 104 Å². The van der Waals surface area contributed by atoms with Gasteiger partial charge in [-0.05, 0) is 12.1 Å². The van der Waals surface area contributed by atoms with E-state index in [4.69, 9.17) is 9.47 Å². The van der Waals surface area contributed by atoms with E-state index in [2.05, 4.69) is 5.32 Å². The molecule has 2 rings (SSSR count). The second kappa shape index (κ2) is 5.49. The van der Waals surface area contributed by atoms with Crippen LogP contribution in [0.4, 0.5) is 8.78 Å². The van der Waals surface area contributed by atoms with Crippen LogP contribution in [-0.2, 0) is 4.74 Å².